The molecule has 4 nitrogen and oxygen atoms in total. The largest absolute Gasteiger partial charge is 0.496 e. The fourth-order valence-corrected chi connectivity index (χ4v) is 4.01. The standard InChI is InChI=1S/C27H29NO3/c1-18-14-19(2)16-22(15-18)25(29)27(4,17-21-10-7-6-8-11-21)28-26(30)23-12-9-13-24(31-5)20(23)3/h6-16H,17H2,1-5H3,(H,28,30). The highest BCUT2D eigenvalue weighted by atomic mass is 16.5. The van der Waals surface area contributed by atoms with Crippen molar-refractivity contribution in [1.29, 1.82) is 0 Å². The summed E-state index contributed by atoms with van der Waals surface area (Å²) in [7, 11) is 1.58. The van der Waals surface area contributed by atoms with Crippen LogP contribution in [0.25, 0.3) is 0 Å². The van der Waals surface area contributed by atoms with Gasteiger partial charge in [-0.1, -0.05) is 53.6 Å². The molecule has 3 rings (SSSR count). The molecule has 1 unspecified atom stereocenters. The third kappa shape index (κ3) is 5.02. The smallest absolute Gasteiger partial charge is 0.252 e. The van der Waals surface area contributed by atoms with Gasteiger partial charge < -0.3 is 10.1 Å². The van der Waals surface area contributed by atoms with Crippen molar-refractivity contribution in [3.8, 4) is 5.75 Å². The molecule has 0 aromatic heterocycles. The second-order valence-corrected chi connectivity index (χ2v) is 8.29. The number of amides is 1. The van der Waals surface area contributed by atoms with Gasteiger partial charge >= 0.3 is 0 Å². The molecule has 0 aliphatic carbocycles. The number of nitrogens with one attached hydrogen (secondary N) is 1. The van der Waals surface area contributed by atoms with Crippen molar-refractivity contribution in [2.24, 2.45) is 0 Å². The highest BCUT2D eigenvalue weighted by molar-refractivity contribution is 6.07. The van der Waals surface area contributed by atoms with Crippen LogP contribution in [0.15, 0.2) is 66.7 Å². The van der Waals surface area contributed by atoms with E-state index >= 15 is 0 Å². The number of Topliss-reactive ketones (excluding diaryl/α,β-unsaturated/α-hetero) is 1. The molecule has 160 valence electrons. The van der Waals surface area contributed by atoms with Crippen molar-refractivity contribution in [3.05, 3.63) is 100 Å². The van der Waals surface area contributed by atoms with E-state index in [1.807, 2.05) is 75.4 Å². The molecule has 4 heteroatoms. The maximum Gasteiger partial charge on any atom is 0.252 e. The molecule has 0 aliphatic heterocycles. The first-order valence-corrected chi connectivity index (χ1v) is 10.4. The molecule has 0 saturated carbocycles. The van der Waals surface area contributed by atoms with Crippen LogP contribution in [0.1, 0.15) is 49.9 Å². The lowest BCUT2D eigenvalue weighted by Crippen LogP contribution is -2.54. The van der Waals surface area contributed by atoms with Crippen LogP contribution >= 0.6 is 0 Å². The molecule has 3 aromatic carbocycles. The van der Waals surface area contributed by atoms with E-state index in [4.69, 9.17) is 4.74 Å². The molecule has 31 heavy (non-hydrogen) atoms. The number of carbonyl (C=O) groups excluding carboxylic acids is 2. The normalized spacial score (nSPS) is 12.7. The zero-order chi connectivity index (χ0) is 22.6. The SMILES string of the molecule is COc1cccc(C(=O)NC(C)(Cc2ccccc2)C(=O)c2cc(C)cc(C)c2)c1C. The van der Waals surface area contributed by atoms with Gasteiger partial charge in [0.25, 0.3) is 5.91 Å². The van der Waals surface area contributed by atoms with Crippen molar-refractivity contribution in [2.75, 3.05) is 7.11 Å². The minimum atomic E-state index is -1.12. The van der Waals surface area contributed by atoms with Crippen molar-refractivity contribution < 1.29 is 14.3 Å². The van der Waals surface area contributed by atoms with Gasteiger partial charge in [0.2, 0.25) is 0 Å². The monoisotopic (exact) mass is 415 g/mol. The van der Waals surface area contributed by atoms with Gasteiger partial charge in [-0.05, 0) is 57.5 Å². The van der Waals surface area contributed by atoms with E-state index in [0.29, 0.717) is 23.3 Å². The number of hydrogen-bond donors (Lipinski definition) is 1. The van der Waals surface area contributed by atoms with Crippen LogP contribution in [-0.4, -0.2) is 24.3 Å². The topological polar surface area (TPSA) is 55.4 Å². The average molecular weight is 416 g/mol. The summed E-state index contributed by atoms with van der Waals surface area (Å²) in [4.78, 5) is 27.0. The first-order valence-electron chi connectivity index (χ1n) is 10.4. The van der Waals surface area contributed by atoms with Crippen LogP contribution in [-0.2, 0) is 6.42 Å². The molecular weight excluding hydrogens is 386 g/mol. The van der Waals surface area contributed by atoms with Crippen molar-refractivity contribution in [1.82, 2.24) is 5.32 Å². The summed E-state index contributed by atoms with van der Waals surface area (Å²) in [5, 5.41) is 3.04. The predicted octanol–water partition coefficient (Wildman–Crippen LogP) is 5.23. The van der Waals surface area contributed by atoms with Gasteiger partial charge in [-0.15, -0.1) is 0 Å². The van der Waals surface area contributed by atoms with Crippen LogP contribution in [0.5, 0.6) is 5.75 Å². The lowest BCUT2D eigenvalue weighted by atomic mass is 9.84. The van der Waals surface area contributed by atoms with Gasteiger partial charge in [0.1, 0.15) is 11.3 Å². The molecule has 0 heterocycles. The Balaban J connectivity index is 2.01. The van der Waals surface area contributed by atoms with Gasteiger partial charge in [-0.25, -0.2) is 0 Å². The summed E-state index contributed by atoms with van der Waals surface area (Å²) in [6.07, 6.45) is 0.383. The molecule has 0 radical (unpaired) electrons. The van der Waals surface area contributed by atoms with E-state index < -0.39 is 5.54 Å². The molecule has 0 aliphatic rings. The summed E-state index contributed by atoms with van der Waals surface area (Å²) in [6, 6.07) is 20.9. The van der Waals surface area contributed by atoms with E-state index in [1.54, 1.807) is 26.2 Å². The first-order chi connectivity index (χ1) is 14.7. The van der Waals surface area contributed by atoms with Crippen LogP contribution in [0, 0.1) is 20.8 Å². The van der Waals surface area contributed by atoms with E-state index in [2.05, 4.69) is 5.32 Å². The van der Waals surface area contributed by atoms with Gasteiger partial charge in [0.15, 0.2) is 5.78 Å². The lowest BCUT2D eigenvalue weighted by Gasteiger charge is -2.30. The predicted molar refractivity (Wildman–Crippen MR) is 124 cm³/mol. The van der Waals surface area contributed by atoms with Crippen LogP contribution < -0.4 is 10.1 Å². The fourth-order valence-electron chi connectivity index (χ4n) is 4.01. The number of aryl methyl sites for hydroxylation is 2. The Morgan fingerprint density at radius 1 is 0.903 bits per heavy atom. The Hall–Kier alpha value is -3.40. The Kier molecular flexibility index (Phi) is 6.59. The Morgan fingerprint density at radius 2 is 1.55 bits per heavy atom. The van der Waals surface area contributed by atoms with Crippen LogP contribution in [0.4, 0.5) is 0 Å². The molecule has 0 spiro atoms. The Labute approximate surface area is 184 Å². The van der Waals surface area contributed by atoms with E-state index in [0.717, 1.165) is 22.3 Å². The number of rotatable bonds is 7. The summed E-state index contributed by atoms with van der Waals surface area (Å²) >= 11 is 0. The summed E-state index contributed by atoms with van der Waals surface area (Å²) in [5.74, 6) is 0.225. The van der Waals surface area contributed by atoms with E-state index in [9.17, 15) is 9.59 Å². The molecule has 0 bridgehead atoms. The van der Waals surface area contributed by atoms with Crippen molar-refractivity contribution in [3.63, 3.8) is 0 Å². The molecule has 1 atom stereocenters. The highest BCUT2D eigenvalue weighted by Crippen LogP contribution is 2.25. The minimum Gasteiger partial charge on any atom is -0.496 e. The zero-order valence-electron chi connectivity index (χ0n) is 18.8. The molecule has 0 saturated heterocycles. The van der Waals surface area contributed by atoms with Gasteiger partial charge in [-0.3, -0.25) is 9.59 Å². The van der Waals surface area contributed by atoms with Crippen LogP contribution in [0.3, 0.4) is 0 Å². The maximum atomic E-state index is 13.7. The molecule has 1 amide bonds. The van der Waals surface area contributed by atoms with Gasteiger partial charge in [0, 0.05) is 23.1 Å². The Bertz CT molecular complexity index is 1080. The quantitative estimate of drug-likeness (QED) is 0.537. The number of carbonyl (C=O) groups is 2. The molecular formula is C27H29NO3. The number of ketones is 1. The first kappa shape index (κ1) is 22.3. The number of methoxy groups -OCH3 is 1. The summed E-state index contributed by atoms with van der Waals surface area (Å²) in [6.45, 7) is 7.58. The van der Waals surface area contributed by atoms with Gasteiger partial charge in [0.05, 0.1) is 7.11 Å². The second kappa shape index (κ2) is 9.17. The third-order valence-corrected chi connectivity index (χ3v) is 5.52. The van der Waals surface area contributed by atoms with E-state index in [-0.39, 0.29) is 11.7 Å². The highest BCUT2D eigenvalue weighted by Gasteiger charge is 2.36. The molecule has 1 N–H and O–H groups in total. The van der Waals surface area contributed by atoms with Gasteiger partial charge in [-0.2, -0.15) is 0 Å². The van der Waals surface area contributed by atoms with E-state index in [1.165, 1.54) is 0 Å². The van der Waals surface area contributed by atoms with Crippen LogP contribution in [0.2, 0.25) is 0 Å². The van der Waals surface area contributed by atoms with Crippen molar-refractivity contribution in [2.45, 2.75) is 39.7 Å². The summed E-state index contributed by atoms with van der Waals surface area (Å²) < 4.78 is 5.36. The minimum absolute atomic E-state index is 0.114. The Morgan fingerprint density at radius 3 is 2.16 bits per heavy atom. The summed E-state index contributed by atoms with van der Waals surface area (Å²) in [5.41, 5.74) is 3.72. The number of hydrogen-bond acceptors (Lipinski definition) is 3. The van der Waals surface area contributed by atoms with Crippen molar-refractivity contribution >= 4 is 11.7 Å². The fraction of sp³-hybridized carbons (Fsp3) is 0.259. The third-order valence-electron chi connectivity index (χ3n) is 5.52. The molecule has 0 fully saturated rings. The maximum absolute atomic E-state index is 13.7. The zero-order valence-corrected chi connectivity index (χ0v) is 18.8. The average Bonchev–Trinajstić information content (AvgIpc) is 2.73. The number of ether oxygens (including phenoxy) is 1. The molecule has 3 aromatic rings. The second-order valence-electron chi connectivity index (χ2n) is 8.29. The number of benzene rings is 3. The lowest BCUT2D eigenvalue weighted by molar-refractivity contribution is 0.0781.